The SMILES string of the molecule is C=C1Cc2cc(-c3cccnc3[C@@H](CC(=O)Cn3nc(C(F)F)c4c3C(F)(F)CCC4(F)F)Cc3cc(F)cc(F)c3)ccc2N1. The highest BCUT2D eigenvalue weighted by Crippen LogP contribution is 2.52. The summed E-state index contributed by atoms with van der Waals surface area (Å²) in [6, 6.07) is 11.8. The first-order chi connectivity index (χ1) is 21.7. The molecule has 6 rings (SSSR count). The molecule has 2 aliphatic rings. The van der Waals surface area contributed by atoms with E-state index >= 15 is 0 Å². The van der Waals surface area contributed by atoms with Crippen molar-refractivity contribution in [1.29, 1.82) is 0 Å². The van der Waals surface area contributed by atoms with Crippen LogP contribution in [0.1, 0.15) is 65.4 Å². The van der Waals surface area contributed by atoms with Gasteiger partial charge in [0.05, 0.1) is 11.3 Å². The van der Waals surface area contributed by atoms with Gasteiger partial charge in [-0.1, -0.05) is 18.7 Å². The van der Waals surface area contributed by atoms with Gasteiger partial charge < -0.3 is 5.32 Å². The zero-order chi connectivity index (χ0) is 33.0. The van der Waals surface area contributed by atoms with Crippen molar-refractivity contribution >= 4 is 11.5 Å². The van der Waals surface area contributed by atoms with Gasteiger partial charge in [-0.05, 0) is 53.4 Å². The molecule has 2 aromatic heterocycles. The number of nitrogens with zero attached hydrogens (tertiary/aromatic N) is 3. The third kappa shape index (κ3) is 6.02. The molecule has 0 amide bonds. The monoisotopic (exact) mass is 646 g/mol. The molecule has 0 saturated heterocycles. The van der Waals surface area contributed by atoms with Crippen molar-refractivity contribution in [3.8, 4) is 11.1 Å². The summed E-state index contributed by atoms with van der Waals surface area (Å²) in [7, 11) is 0. The summed E-state index contributed by atoms with van der Waals surface area (Å²) in [6.07, 6.45) is -4.81. The molecule has 46 heavy (non-hydrogen) atoms. The maximum absolute atomic E-state index is 14.9. The van der Waals surface area contributed by atoms with Gasteiger partial charge in [-0.15, -0.1) is 0 Å². The highest BCUT2D eigenvalue weighted by atomic mass is 19.3. The van der Waals surface area contributed by atoms with Gasteiger partial charge in [0.1, 0.15) is 29.6 Å². The number of carbonyl (C=O) groups is 1. The topological polar surface area (TPSA) is 59.8 Å². The van der Waals surface area contributed by atoms with Crippen LogP contribution in [0.3, 0.4) is 0 Å². The molecule has 0 saturated carbocycles. The number of pyridine rings is 1. The lowest BCUT2D eigenvalue weighted by Gasteiger charge is -2.29. The molecule has 240 valence electrons. The summed E-state index contributed by atoms with van der Waals surface area (Å²) < 4.78 is 115. The van der Waals surface area contributed by atoms with Gasteiger partial charge in [0, 0.05) is 60.8 Å². The van der Waals surface area contributed by atoms with E-state index in [2.05, 4.69) is 22.0 Å². The molecular weight excluding hydrogens is 620 g/mol. The number of carbonyl (C=O) groups excluding carboxylic acids is 1. The lowest BCUT2D eigenvalue weighted by Crippen LogP contribution is -2.33. The first-order valence-electron chi connectivity index (χ1n) is 14.4. The number of anilines is 1. The number of nitrogens with one attached hydrogen (secondary N) is 1. The van der Waals surface area contributed by atoms with Crippen LogP contribution in [0, 0.1) is 11.6 Å². The quantitative estimate of drug-likeness (QED) is 0.185. The van der Waals surface area contributed by atoms with Gasteiger partial charge in [0.15, 0.2) is 5.78 Å². The van der Waals surface area contributed by atoms with Crippen molar-refractivity contribution in [3.63, 3.8) is 0 Å². The maximum Gasteiger partial charge on any atom is 0.290 e. The molecule has 1 N–H and O–H groups in total. The Balaban J connectivity index is 1.38. The minimum atomic E-state index is -3.99. The van der Waals surface area contributed by atoms with Crippen LogP contribution in [-0.4, -0.2) is 20.5 Å². The van der Waals surface area contributed by atoms with E-state index in [4.69, 9.17) is 0 Å². The summed E-state index contributed by atoms with van der Waals surface area (Å²) in [6.45, 7) is 2.93. The number of alkyl halides is 6. The fourth-order valence-corrected chi connectivity index (χ4v) is 6.30. The summed E-state index contributed by atoms with van der Waals surface area (Å²) in [5.41, 5.74) is -0.0357. The molecule has 13 heteroatoms. The van der Waals surface area contributed by atoms with Crippen LogP contribution in [0.5, 0.6) is 0 Å². The molecule has 1 atom stereocenters. The second-order valence-electron chi connectivity index (χ2n) is 11.6. The lowest BCUT2D eigenvalue weighted by molar-refractivity contribution is -0.121. The van der Waals surface area contributed by atoms with Gasteiger partial charge in [0.2, 0.25) is 0 Å². The third-order valence-corrected chi connectivity index (χ3v) is 8.21. The van der Waals surface area contributed by atoms with Crippen molar-refractivity contribution in [3.05, 3.63) is 112 Å². The van der Waals surface area contributed by atoms with Crippen LogP contribution in [0.15, 0.2) is 67.0 Å². The Kier molecular flexibility index (Phi) is 7.97. The summed E-state index contributed by atoms with van der Waals surface area (Å²) in [5, 5.41) is 6.54. The molecule has 0 radical (unpaired) electrons. The average molecular weight is 647 g/mol. The number of Topliss-reactive ketones (excluding diaryl/α,β-unsaturated/α-hetero) is 1. The standard InChI is InChI=1S/C33H26F8N4O/c1-17-9-20-13-19(4-5-26(20)43-17)25-3-2-8-42-28(25)21(10-18-11-22(34)15-23(35)12-18)14-24(46)16-45-30-27(29(44-45)31(36)37)32(38,39)6-7-33(30,40)41/h2-5,8,11-13,15,21,31,43H,1,6-7,9-10,14,16H2/t21-/m1/s1. The Morgan fingerprint density at radius 3 is 2.41 bits per heavy atom. The predicted molar refractivity (Wildman–Crippen MR) is 153 cm³/mol. The van der Waals surface area contributed by atoms with Crippen LogP contribution in [-0.2, 0) is 36.0 Å². The van der Waals surface area contributed by atoms with Crippen molar-refractivity contribution in [2.75, 3.05) is 5.32 Å². The van der Waals surface area contributed by atoms with E-state index < -0.39 is 84.4 Å². The van der Waals surface area contributed by atoms with Crippen LogP contribution in [0.4, 0.5) is 40.8 Å². The average Bonchev–Trinajstić information content (AvgIpc) is 3.55. The molecule has 0 spiro atoms. The number of hydrogen-bond acceptors (Lipinski definition) is 4. The Hall–Kier alpha value is -4.55. The zero-order valence-corrected chi connectivity index (χ0v) is 24.1. The highest BCUT2D eigenvalue weighted by Gasteiger charge is 2.55. The maximum atomic E-state index is 14.9. The van der Waals surface area contributed by atoms with Gasteiger partial charge in [-0.25, -0.2) is 26.3 Å². The van der Waals surface area contributed by atoms with Crippen molar-refractivity contribution in [1.82, 2.24) is 14.8 Å². The normalized spacial score (nSPS) is 17.0. The summed E-state index contributed by atoms with van der Waals surface area (Å²) in [5.74, 6) is -11.4. The van der Waals surface area contributed by atoms with Crippen LogP contribution in [0.2, 0.25) is 0 Å². The number of hydrogen-bond donors (Lipinski definition) is 1. The molecule has 1 aliphatic carbocycles. The minimum absolute atomic E-state index is 0.124. The van der Waals surface area contributed by atoms with E-state index in [0.717, 1.165) is 29.1 Å². The van der Waals surface area contributed by atoms with E-state index in [-0.39, 0.29) is 16.7 Å². The highest BCUT2D eigenvalue weighted by molar-refractivity contribution is 5.80. The van der Waals surface area contributed by atoms with Gasteiger partial charge in [-0.3, -0.25) is 14.5 Å². The Bertz CT molecular complexity index is 1830. The van der Waals surface area contributed by atoms with Crippen LogP contribution >= 0.6 is 0 Å². The van der Waals surface area contributed by atoms with Crippen molar-refractivity contribution < 1.29 is 39.9 Å². The molecule has 0 unspecified atom stereocenters. The zero-order valence-electron chi connectivity index (χ0n) is 24.1. The third-order valence-electron chi connectivity index (χ3n) is 8.21. The van der Waals surface area contributed by atoms with Crippen molar-refractivity contribution in [2.24, 2.45) is 0 Å². The lowest BCUT2D eigenvalue weighted by atomic mass is 9.86. The van der Waals surface area contributed by atoms with Crippen LogP contribution < -0.4 is 5.32 Å². The molecule has 2 aromatic carbocycles. The van der Waals surface area contributed by atoms with Crippen molar-refractivity contribution in [2.45, 2.75) is 62.8 Å². The predicted octanol–water partition coefficient (Wildman–Crippen LogP) is 8.61. The minimum Gasteiger partial charge on any atom is -0.359 e. The molecule has 0 fully saturated rings. The number of halogens is 8. The molecule has 5 nitrogen and oxygen atoms in total. The van der Waals surface area contributed by atoms with E-state index in [0.29, 0.717) is 29.3 Å². The van der Waals surface area contributed by atoms with Crippen LogP contribution in [0.25, 0.3) is 11.1 Å². The molecular formula is C33H26F8N4O. The Morgan fingerprint density at radius 2 is 1.70 bits per heavy atom. The summed E-state index contributed by atoms with van der Waals surface area (Å²) >= 11 is 0. The van der Waals surface area contributed by atoms with Gasteiger partial charge in [-0.2, -0.15) is 13.9 Å². The van der Waals surface area contributed by atoms with E-state index in [1.165, 1.54) is 6.20 Å². The second kappa shape index (κ2) is 11.7. The van der Waals surface area contributed by atoms with Gasteiger partial charge in [0.25, 0.3) is 18.3 Å². The molecule has 1 aliphatic heterocycles. The number of rotatable bonds is 9. The number of benzene rings is 2. The van der Waals surface area contributed by atoms with E-state index in [9.17, 15) is 39.9 Å². The Morgan fingerprint density at radius 1 is 0.978 bits per heavy atom. The number of aromatic nitrogens is 3. The molecule has 4 aromatic rings. The molecule has 0 bridgehead atoms. The number of allylic oxidation sites excluding steroid dienone is 1. The second-order valence-corrected chi connectivity index (χ2v) is 11.6. The largest absolute Gasteiger partial charge is 0.359 e. The number of fused-ring (bicyclic) bond motifs is 2. The fraction of sp³-hybridized carbons (Fsp3) is 0.303. The number of ketones is 1. The van der Waals surface area contributed by atoms with E-state index in [1.807, 2.05) is 18.2 Å². The van der Waals surface area contributed by atoms with Gasteiger partial charge >= 0.3 is 0 Å². The first kappa shape index (κ1) is 31.4. The Labute approximate surface area is 258 Å². The first-order valence-corrected chi connectivity index (χ1v) is 14.4. The fourth-order valence-electron chi connectivity index (χ4n) is 6.30. The molecule has 3 heterocycles. The smallest absolute Gasteiger partial charge is 0.290 e. The van der Waals surface area contributed by atoms with E-state index in [1.54, 1.807) is 12.1 Å². The summed E-state index contributed by atoms with van der Waals surface area (Å²) in [4.78, 5) is 18.0.